The van der Waals surface area contributed by atoms with E-state index in [0.29, 0.717) is 0 Å². The Labute approximate surface area is 93.2 Å². The second-order valence-electron chi connectivity index (χ2n) is 3.33. The van der Waals surface area contributed by atoms with Crippen LogP contribution in [0.4, 0.5) is 0 Å². The molecule has 0 aromatic carbocycles. The van der Waals surface area contributed by atoms with Gasteiger partial charge in [-0.3, -0.25) is 4.79 Å². The van der Waals surface area contributed by atoms with Crippen LogP contribution >= 0.6 is 0 Å². The molecule has 96 valence electrons. The molecule has 0 aliphatic heterocycles. The number of hydrogen-bond donors (Lipinski definition) is 4. The van der Waals surface area contributed by atoms with Crippen molar-refractivity contribution in [2.45, 2.75) is 31.3 Å². The molecule has 0 fully saturated rings. The summed E-state index contributed by atoms with van der Waals surface area (Å²) in [7, 11) is 1.33. The monoisotopic (exact) mass is 238 g/mol. The van der Waals surface area contributed by atoms with Crippen LogP contribution in [0.25, 0.3) is 0 Å². The molecule has 0 saturated carbocycles. The van der Waals surface area contributed by atoms with Crippen molar-refractivity contribution in [1.29, 1.82) is 0 Å². The molecule has 7 heteroatoms. The number of carbonyl (C=O) groups excluding carboxylic acids is 1. The highest BCUT2D eigenvalue weighted by Gasteiger charge is 2.33. The van der Waals surface area contributed by atoms with Crippen LogP contribution < -0.4 is 0 Å². The molecule has 0 aliphatic carbocycles. The highest BCUT2D eigenvalue weighted by atomic mass is 16.6. The van der Waals surface area contributed by atoms with E-state index in [9.17, 15) is 15.0 Å². The molecular formula is C9H18O7. The normalized spacial score (nSPS) is 18.6. The minimum absolute atomic E-state index is 0.129. The number of carbonyl (C=O) groups is 1. The molecule has 0 radical (unpaired) electrons. The SMILES string of the molecule is COCC(OC(C)=O)C(O)C(O)C(O)CO. The Bertz CT molecular complexity index is 208. The number of aliphatic hydroxyl groups excluding tert-OH is 4. The van der Waals surface area contributed by atoms with E-state index in [1.807, 2.05) is 0 Å². The molecule has 0 saturated heterocycles. The van der Waals surface area contributed by atoms with Crippen molar-refractivity contribution in [3.63, 3.8) is 0 Å². The molecule has 4 N–H and O–H groups in total. The van der Waals surface area contributed by atoms with Gasteiger partial charge in [0.25, 0.3) is 0 Å². The molecule has 4 atom stereocenters. The van der Waals surface area contributed by atoms with Crippen LogP contribution in [-0.2, 0) is 14.3 Å². The molecule has 0 heterocycles. The first kappa shape index (κ1) is 15.3. The lowest BCUT2D eigenvalue weighted by Crippen LogP contribution is -2.48. The lowest BCUT2D eigenvalue weighted by molar-refractivity contribution is -0.169. The fraction of sp³-hybridized carbons (Fsp3) is 0.889. The van der Waals surface area contributed by atoms with Crippen LogP contribution in [0.2, 0.25) is 0 Å². The number of aliphatic hydroxyl groups is 4. The molecule has 0 amide bonds. The van der Waals surface area contributed by atoms with E-state index in [2.05, 4.69) is 0 Å². The third-order valence-corrected chi connectivity index (χ3v) is 1.96. The minimum Gasteiger partial charge on any atom is -0.457 e. The van der Waals surface area contributed by atoms with Crippen molar-refractivity contribution in [2.75, 3.05) is 20.3 Å². The molecule has 0 spiro atoms. The Hall–Kier alpha value is -0.730. The lowest BCUT2D eigenvalue weighted by atomic mass is 10.0. The molecule has 0 aromatic heterocycles. The van der Waals surface area contributed by atoms with Gasteiger partial charge < -0.3 is 29.9 Å². The van der Waals surface area contributed by atoms with Gasteiger partial charge in [0.2, 0.25) is 0 Å². The summed E-state index contributed by atoms with van der Waals surface area (Å²) in [4.78, 5) is 10.7. The third-order valence-electron chi connectivity index (χ3n) is 1.96. The van der Waals surface area contributed by atoms with E-state index in [4.69, 9.17) is 19.7 Å². The Morgan fingerprint density at radius 3 is 2.19 bits per heavy atom. The Morgan fingerprint density at radius 1 is 1.25 bits per heavy atom. The van der Waals surface area contributed by atoms with Crippen LogP contribution in [-0.4, -0.2) is 71.1 Å². The Balaban J connectivity index is 4.45. The van der Waals surface area contributed by atoms with Crippen molar-refractivity contribution in [1.82, 2.24) is 0 Å². The van der Waals surface area contributed by atoms with Crippen molar-refractivity contribution >= 4 is 5.97 Å². The maximum absolute atomic E-state index is 10.7. The lowest BCUT2D eigenvalue weighted by Gasteiger charge is -2.27. The van der Waals surface area contributed by atoms with E-state index in [0.717, 1.165) is 6.92 Å². The van der Waals surface area contributed by atoms with Crippen LogP contribution in [0.5, 0.6) is 0 Å². The van der Waals surface area contributed by atoms with Gasteiger partial charge in [-0.1, -0.05) is 0 Å². The predicted molar refractivity (Wildman–Crippen MR) is 52.5 cm³/mol. The molecule has 16 heavy (non-hydrogen) atoms. The zero-order chi connectivity index (χ0) is 12.7. The summed E-state index contributed by atoms with van der Waals surface area (Å²) >= 11 is 0. The summed E-state index contributed by atoms with van der Waals surface area (Å²) in [6.07, 6.45) is -5.76. The predicted octanol–water partition coefficient (Wildman–Crippen LogP) is -2.36. The number of ether oxygens (including phenoxy) is 2. The summed E-state index contributed by atoms with van der Waals surface area (Å²) in [6, 6.07) is 0. The molecule has 7 nitrogen and oxygen atoms in total. The summed E-state index contributed by atoms with van der Waals surface area (Å²) in [5.41, 5.74) is 0. The van der Waals surface area contributed by atoms with E-state index in [1.54, 1.807) is 0 Å². The van der Waals surface area contributed by atoms with Crippen molar-refractivity contribution < 1.29 is 34.7 Å². The van der Waals surface area contributed by atoms with Gasteiger partial charge in [-0.05, 0) is 0 Å². The number of rotatable bonds is 7. The van der Waals surface area contributed by atoms with E-state index >= 15 is 0 Å². The Kier molecular flexibility index (Phi) is 7.18. The summed E-state index contributed by atoms with van der Waals surface area (Å²) in [6.45, 7) is 0.304. The highest BCUT2D eigenvalue weighted by Crippen LogP contribution is 2.09. The van der Waals surface area contributed by atoms with Crippen LogP contribution in [0.3, 0.4) is 0 Å². The van der Waals surface area contributed by atoms with Gasteiger partial charge >= 0.3 is 5.97 Å². The first-order valence-corrected chi connectivity index (χ1v) is 4.75. The zero-order valence-corrected chi connectivity index (χ0v) is 9.24. The second-order valence-corrected chi connectivity index (χ2v) is 3.33. The first-order chi connectivity index (χ1) is 7.43. The van der Waals surface area contributed by atoms with Gasteiger partial charge in [0.05, 0.1) is 13.2 Å². The maximum Gasteiger partial charge on any atom is 0.303 e. The number of hydrogen-bond acceptors (Lipinski definition) is 7. The average Bonchev–Trinajstić information content (AvgIpc) is 2.24. The van der Waals surface area contributed by atoms with E-state index in [-0.39, 0.29) is 6.61 Å². The van der Waals surface area contributed by atoms with Crippen molar-refractivity contribution in [3.05, 3.63) is 0 Å². The molecular weight excluding hydrogens is 220 g/mol. The molecule has 0 aromatic rings. The molecule has 0 rings (SSSR count). The summed E-state index contributed by atoms with van der Waals surface area (Å²) in [5, 5.41) is 36.7. The Morgan fingerprint density at radius 2 is 1.81 bits per heavy atom. The van der Waals surface area contributed by atoms with Gasteiger partial charge in [0.15, 0.2) is 6.10 Å². The third kappa shape index (κ3) is 4.86. The number of esters is 1. The van der Waals surface area contributed by atoms with Gasteiger partial charge in [-0.25, -0.2) is 0 Å². The largest absolute Gasteiger partial charge is 0.457 e. The topological polar surface area (TPSA) is 116 Å². The zero-order valence-electron chi connectivity index (χ0n) is 9.24. The number of methoxy groups -OCH3 is 1. The highest BCUT2D eigenvalue weighted by molar-refractivity contribution is 5.66. The van der Waals surface area contributed by atoms with Gasteiger partial charge in [-0.2, -0.15) is 0 Å². The van der Waals surface area contributed by atoms with Gasteiger partial charge in [0, 0.05) is 14.0 Å². The maximum atomic E-state index is 10.7. The molecule has 0 bridgehead atoms. The van der Waals surface area contributed by atoms with E-state index in [1.165, 1.54) is 7.11 Å². The summed E-state index contributed by atoms with van der Waals surface area (Å²) in [5.74, 6) is -0.646. The fourth-order valence-corrected chi connectivity index (χ4v) is 1.14. The van der Waals surface area contributed by atoms with Gasteiger partial charge in [-0.15, -0.1) is 0 Å². The summed E-state index contributed by atoms with van der Waals surface area (Å²) < 4.78 is 9.40. The van der Waals surface area contributed by atoms with Crippen LogP contribution in [0.1, 0.15) is 6.92 Å². The van der Waals surface area contributed by atoms with Crippen molar-refractivity contribution in [2.24, 2.45) is 0 Å². The quantitative estimate of drug-likeness (QED) is 0.366. The van der Waals surface area contributed by atoms with Crippen LogP contribution in [0.15, 0.2) is 0 Å². The molecule has 0 aliphatic rings. The van der Waals surface area contributed by atoms with Crippen LogP contribution in [0, 0.1) is 0 Å². The minimum atomic E-state index is -1.62. The van der Waals surface area contributed by atoms with E-state index < -0.39 is 37.0 Å². The van der Waals surface area contributed by atoms with Crippen molar-refractivity contribution in [3.8, 4) is 0 Å². The second kappa shape index (κ2) is 7.53. The average molecular weight is 238 g/mol. The first-order valence-electron chi connectivity index (χ1n) is 4.75. The van der Waals surface area contributed by atoms with Gasteiger partial charge in [0.1, 0.15) is 18.3 Å². The smallest absolute Gasteiger partial charge is 0.303 e. The fourth-order valence-electron chi connectivity index (χ4n) is 1.14. The molecule has 4 unspecified atom stereocenters. The standard InChI is InChI=1S/C9H18O7/c1-5(11)16-7(4-15-2)9(14)8(13)6(12)3-10/h6-10,12-14H,3-4H2,1-2H3.